The molecule has 0 aromatic heterocycles. The van der Waals surface area contributed by atoms with Crippen LogP contribution < -0.4 is 0 Å². The van der Waals surface area contributed by atoms with E-state index in [9.17, 15) is 0 Å². The molecule has 0 amide bonds. The van der Waals surface area contributed by atoms with Crippen LogP contribution in [-0.2, 0) is 0 Å². The van der Waals surface area contributed by atoms with E-state index in [-0.39, 0.29) is 0 Å². The first kappa shape index (κ1) is 10.1. The van der Waals surface area contributed by atoms with E-state index >= 15 is 0 Å². The fourth-order valence-corrected chi connectivity index (χ4v) is 2.53. The molecule has 0 heteroatoms. The van der Waals surface area contributed by atoms with Gasteiger partial charge in [0.05, 0.1) is 0 Å². The van der Waals surface area contributed by atoms with Gasteiger partial charge in [0.2, 0.25) is 0 Å². The van der Waals surface area contributed by atoms with E-state index in [1.165, 1.54) is 38.5 Å². The number of hydrogen-bond donors (Lipinski definition) is 0. The summed E-state index contributed by atoms with van der Waals surface area (Å²) in [5, 5.41) is 0. The minimum Gasteiger partial charge on any atom is -0.0654 e. The van der Waals surface area contributed by atoms with Crippen LogP contribution in [0.5, 0.6) is 0 Å². The highest BCUT2D eigenvalue weighted by atomic mass is 14.3. The second kappa shape index (κ2) is 4.89. The van der Waals surface area contributed by atoms with E-state index in [0.29, 0.717) is 0 Å². The number of unbranched alkanes of at least 4 members (excludes halogenated alkanes) is 1. The van der Waals surface area contributed by atoms with E-state index in [0.717, 1.165) is 17.8 Å². The molecule has 0 bridgehead atoms. The van der Waals surface area contributed by atoms with Crippen molar-refractivity contribution in [1.82, 2.24) is 0 Å². The molecule has 0 aromatic rings. The molecule has 72 valence electrons. The van der Waals surface area contributed by atoms with Gasteiger partial charge in [0.25, 0.3) is 0 Å². The summed E-state index contributed by atoms with van der Waals surface area (Å²) in [7, 11) is 0. The molecular weight excluding hydrogens is 144 g/mol. The van der Waals surface area contributed by atoms with Crippen molar-refractivity contribution in [1.29, 1.82) is 0 Å². The molecule has 12 heavy (non-hydrogen) atoms. The van der Waals surface area contributed by atoms with Gasteiger partial charge in [0.15, 0.2) is 0 Å². The summed E-state index contributed by atoms with van der Waals surface area (Å²) in [6.45, 7) is 7.16. The third kappa shape index (κ3) is 2.80. The third-order valence-electron chi connectivity index (χ3n) is 3.55. The van der Waals surface area contributed by atoms with Crippen molar-refractivity contribution in [2.75, 3.05) is 0 Å². The lowest BCUT2D eigenvalue weighted by atomic mass is 9.88. The molecule has 0 heterocycles. The molecule has 0 aliphatic heterocycles. The monoisotopic (exact) mass is 168 g/mol. The zero-order chi connectivity index (χ0) is 8.97. The molecule has 0 saturated heterocycles. The van der Waals surface area contributed by atoms with Gasteiger partial charge in [0, 0.05) is 0 Å². The SMILES string of the molecule is CCCCC(C)C1CCC(C)C1. The summed E-state index contributed by atoms with van der Waals surface area (Å²) < 4.78 is 0. The van der Waals surface area contributed by atoms with Gasteiger partial charge in [-0.25, -0.2) is 0 Å². The normalized spacial score (nSPS) is 32.2. The van der Waals surface area contributed by atoms with Crippen LogP contribution in [0.15, 0.2) is 0 Å². The van der Waals surface area contributed by atoms with Gasteiger partial charge in [-0.1, -0.05) is 46.5 Å². The zero-order valence-electron chi connectivity index (χ0n) is 8.97. The molecule has 3 atom stereocenters. The Labute approximate surface area is 77.7 Å². The van der Waals surface area contributed by atoms with E-state index in [2.05, 4.69) is 20.8 Å². The van der Waals surface area contributed by atoms with Crippen molar-refractivity contribution in [3.05, 3.63) is 0 Å². The van der Waals surface area contributed by atoms with Crippen molar-refractivity contribution < 1.29 is 0 Å². The first-order valence-electron chi connectivity index (χ1n) is 5.74. The van der Waals surface area contributed by atoms with Gasteiger partial charge in [-0.3, -0.25) is 0 Å². The minimum atomic E-state index is 0.995. The van der Waals surface area contributed by atoms with Crippen LogP contribution >= 0.6 is 0 Å². The van der Waals surface area contributed by atoms with E-state index in [1.54, 1.807) is 0 Å². The molecule has 0 N–H and O–H groups in total. The highest BCUT2D eigenvalue weighted by molar-refractivity contribution is 4.76. The van der Waals surface area contributed by atoms with Crippen molar-refractivity contribution >= 4 is 0 Å². The number of rotatable bonds is 4. The van der Waals surface area contributed by atoms with Crippen molar-refractivity contribution in [2.24, 2.45) is 17.8 Å². The lowest BCUT2D eigenvalue weighted by Gasteiger charge is -2.18. The van der Waals surface area contributed by atoms with Crippen LogP contribution in [0.3, 0.4) is 0 Å². The molecule has 0 nitrogen and oxygen atoms in total. The Morgan fingerprint density at radius 2 is 2.08 bits per heavy atom. The molecule has 0 spiro atoms. The Kier molecular flexibility index (Phi) is 4.11. The fourth-order valence-electron chi connectivity index (χ4n) is 2.53. The summed E-state index contributed by atoms with van der Waals surface area (Å²) in [5.74, 6) is 3.07. The first-order chi connectivity index (χ1) is 5.74. The topological polar surface area (TPSA) is 0 Å². The molecule has 0 aromatic carbocycles. The summed E-state index contributed by atoms with van der Waals surface area (Å²) in [4.78, 5) is 0. The standard InChI is InChI=1S/C12H24/c1-4-5-6-11(3)12-8-7-10(2)9-12/h10-12H,4-9H2,1-3H3. The Hall–Kier alpha value is 0. The average Bonchev–Trinajstić information content (AvgIpc) is 2.47. The number of hydrogen-bond acceptors (Lipinski definition) is 0. The van der Waals surface area contributed by atoms with Crippen LogP contribution in [0.2, 0.25) is 0 Å². The van der Waals surface area contributed by atoms with E-state index in [4.69, 9.17) is 0 Å². The van der Waals surface area contributed by atoms with Crippen LogP contribution in [0.1, 0.15) is 59.3 Å². The average molecular weight is 168 g/mol. The molecule has 1 aliphatic carbocycles. The van der Waals surface area contributed by atoms with Crippen LogP contribution in [0.25, 0.3) is 0 Å². The van der Waals surface area contributed by atoms with Gasteiger partial charge in [-0.2, -0.15) is 0 Å². The van der Waals surface area contributed by atoms with E-state index in [1.807, 2.05) is 0 Å². The molecule has 3 unspecified atom stereocenters. The maximum atomic E-state index is 2.46. The molecule has 1 saturated carbocycles. The Balaban J connectivity index is 2.18. The zero-order valence-corrected chi connectivity index (χ0v) is 8.97. The van der Waals surface area contributed by atoms with Crippen LogP contribution in [0.4, 0.5) is 0 Å². The van der Waals surface area contributed by atoms with Crippen LogP contribution in [0, 0.1) is 17.8 Å². The maximum absolute atomic E-state index is 2.46. The third-order valence-corrected chi connectivity index (χ3v) is 3.55. The summed E-state index contributed by atoms with van der Waals surface area (Å²) in [6.07, 6.45) is 8.77. The van der Waals surface area contributed by atoms with Gasteiger partial charge in [-0.15, -0.1) is 0 Å². The quantitative estimate of drug-likeness (QED) is 0.588. The second-order valence-corrected chi connectivity index (χ2v) is 4.80. The highest BCUT2D eigenvalue weighted by Crippen LogP contribution is 2.37. The fraction of sp³-hybridized carbons (Fsp3) is 1.00. The Bertz CT molecular complexity index is 117. The molecular formula is C12H24. The smallest absolute Gasteiger partial charge is 0.0386 e. The van der Waals surface area contributed by atoms with Gasteiger partial charge < -0.3 is 0 Å². The minimum absolute atomic E-state index is 0.995. The molecule has 1 rings (SSSR count). The summed E-state index contributed by atoms with van der Waals surface area (Å²) in [5.41, 5.74) is 0. The first-order valence-corrected chi connectivity index (χ1v) is 5.74. The largest absolute Gasteiger partial charge is 0.0654 e. The Morgan fingerprint density at radius 3 is 2.58 bits per heavy atom. The van der Waals surface area contributed by atoms with Gasteiger partial charge in [-0.05, 0) is 30.6 Å². The molecule has 0 radical (unpaired) electrons. The molecule has 1 fully saturated rings. The predicted molar refractivity (Wildman–Crippen MR) is 55.2 cm³/mol. The maximum Gasteiger partial charge on any atom is -0.0386 e. The van der Waals surface area contributed by atoms with Gasteiger partial charge in [0.1, 0.15) is 0 Å². The second-order valence-electron chi connectivity index (χ2n) is 4.80. The highest BCUT2D eigenvalue weighted by Gasteiger charge is 2.25. The van der Waals surface area contributed by atoms with Crippen molar-refractivity contribution in [3.63, 3.8) is 0 Å². The van der Waals surface area contributed by atoms with E-state index < -0.39 is 0 Å². The summed E-state index contributed by atoms with van der Waals surface area (Å²) >= 11 is 0. The van der Waals surface area contributed by atoms with Crippen LogP contribution in [-0.4, -0.2) is 0 Å². The predicted octanol–water partition coefficient (Wildman–Crippen LogP) is 4.25. The summed E-state index contributed by atoms with van der Waals surface area (Å²) in [6, 6.07) is 0. The lowest BCUT2D eigenvalue weighted by Crippen LogP contribution is -2.07. The molecule has 1 aliphatic rings. The van der Waals surface area contributed by atoms with Crippen molar-refractivity contribution in [3.8, 4) is 0 Å². The van der Waals surface area contributed by atoms with Gasteiger partial charge >= 0.3 is 0 Å². The lowest BCUT2D eigenvalue weighted by molar-refractivity contribution is 0.329. The Morgan fingerprint density at radius 1 is 1.33 bits per heavy atom. The van der Waals surface area contributed by atoms with Crippen molar-refractivity contribution in [2.45, 2.75) is 59.3 Å².